The zero-order valence-corrected chi connectivity index (χ0v) is 21.3. The van der Waals surface area contributed by atoms with Gasteiger partial charge in [-0.05, 0) is 30.5 Å². The number of benzene rings is 3. The van der Waals surface area contributed by atoms with Gasteiger partial charge in [0.1, 0.15) is 0 Å². The Morgan fingerprint density at radius 3 is 2.35 bits per heavy atom. The molecule has 1 saturated heterocycles. The van der Waals surface area contributed by atoms with Crippen LogP contribution in [0.25, 0.3) is 5.32 Å². The van der Waals surface area contributed by atoms with E-state index in [4.69, 9.17) is 6.42 Å². The molecule has 7 heteroatoms. The molecule has 0 saturated carbocycles. The molecule has 0 bridgehead atoms. The monoisotopic (exact) mass is 536 g/mol. The van der Waals surface area contributed by atoms with Crippen molar-refractivity contribution in [1.29, 1.82) is 0 Å². The van der Waals surface area contributed by atoms with Gasteiger partial charge < -0.3 is 15.2 Å². The van der Waals surface area contributed by atoms with E-state index in [0.717, 1.165) is 30.5 Å². The van der Waals surface area contributed by atoms with Gasteiger partial charge in [0.05, 0.1) is 17.7 Å². The molecule has 3 aromatic carbocycles. The molecule has 0 aliphatic carbocycles. The number of carboxylic acids is 1. The van der Waals surface area contributed by atoms with Crippen LogP contribution in [0.3, 0.4) is 0 Å². The maximum absolute atomic E-state index is 13.4. The maximum atomic E-state index is 13.4. The quantitative estimate of drug-likeness (QED) is 0.231. The molecule has 4 rings (SSSR count). The number of nitrogens with zero attached hydrogens (tertiary/aromatic N) is 3. The molecular weight excluding hydrogens is 509 g/mol. The van der Waals surface area contributed by atoms with Crippen molar-refractivity contribution >= 4 is 23.3 Å². The van der Waals surface area contributed by atoms with Crippen LogP contribution in [0.4, 0.5) is 5.69 Å². The third kappa shape index (κ3) is 7.16. The number of aliphatic carboxylic acids is 1. The number of carboxylic acid groups (broad SMARTS) is 1. The molecule has 1 amide bonds. The van der Waals surface area contributed by atoms with Crippen LogP contribution < -0.4 is 0 Å². The van der Waals surface area contributed by atoms with Gasteiger partial charge in [-0.3, -0.25) is 9.89 Å². The average molecular weight is 537 g/mol. The topological polar surface area (TPSA) is 84.1 Å². The zero-order valence-electron chi connectivity index (χ0n) is 20.3. The summed E-state index contributed by atoms with van der Waals surface area (Å²) in [5.41, 5.74) is 3.37. The number of rotatable bonds is 9. The molecule has 0 spiro atoms. The van der Waals surface area contributed by atoms with Gasteiger partial charge in [-0.2, -0.15) is 0 Å². The van der Waals surface area contributed by atoms with E-state index in [1.165, 1.54) is 0 Å². The molecule has 2 atom stereocenters. The van der Waals surface area contributed by atoms with Crippen molar-refractivity contribution in [2.24, 2.45) is 4.99 Å². The number of para-hydroxylation sites is 1. The molecule has 0 aromatic heterocycles. The number of amides is 1. The van der Waals surface area contributed by atoms with Crippen LogP contribution in [0.2, 0.25) is 0 Å². The van der Waals surface area contributed by atoms with Gasteiger partial charge in [0, 0.05) is 18.5 Å². The van der Waals surface area contributed by atoms with Crippen LogP contribution in [-0.4, -0.2) is 46.2 Å². The first-order valence-electron chi connectivity index (χ1n) is 12.0. The van der Waals surface area contributed by atoms with Crippen LogP contribution in [0.15, 0.2) is 89.9 Å². The fourth-order valence-electron chi connectivity index (χ4n) is 4.43. The molecule has 1 fully saturated rings. The summed E-state index contributed by atoms with van der Waals surface area (Å²) in [4.78, 5) is 31.9. The summed E-state index contributed by atoms with van der Waals surface area (Å²) >= 11 is 0. The van der Waals surface area contributed by atoms with E-state index in [9.17, 15) is 14.7 Å². The predicted molar refractivity (Wildman–Crippen MR) is 141 cm³/mol. The van der Waals surface area contributed by atoms with Gasteiger partial charge in [0.15, 0.2) is 6.04 Å². The van der Waals surface area contributed by atoms with Crippen molar-refractivity contribution in [1.82, 2.24) is 4.90 Å². The van der Waals surface area contributed by atoms with Gasteiger partial charge in [-0.1, -0.05) is 84.9 Å². The first-order valence-corrected chi connectivity index (χ1v) is 12.0. The van der Waals surface area contributed by atoms with Gasteiger partial charge in [-0.15, -0.1) is 18.0 Å². The van der Waals surface area contributed by atoms with Crippen molar-refractivity contribution in [3.05, 3.63) is 107 Å². The Morgan fingerprint density at radius 1 is 1.03 bits per heavy atom. The molecule has 3 aromatic rings. The van der Waals surface area contributed by atoms with Crippen LogP contribution in [-0.2, 0) is 32.6 Å². The molecule has 1 N–H and O–H groups in total. The Bertz CT molecular complexity index is 1270. The normalized spacial score (nSPS) is 16.3. The molecule has 190 valence electrons. The van der Waals surface area contributed by atoms with Crippen LogP contribution >= 0.6 is 0 Å². The number of terminal acetylenes is 1. The van der Waals surface area contributed by atoms with E-state index in [-0.39, 0.29) is 34.9 Å². The Morgan fingerprint density at radius 2 is 1.68 bits per heavy atom. The third-order valence-electron chi connectivity index (χ3n) is 6.20. The molecule has 1 heterocycles. The zero-order chi connectivity index (χ0) is 25.3. The maximum Gasteiger partial charge on any atom is 2.00 e. The molecule has 37 heavy (non-hydrogen) atoms. The third-order valence-corrected chi connectivity index (χ3v) is 6.20. The standard InChI is InChI=1S/C30H29N3O3.Ni/c1-2-12-26(30(35)36)31-28(23-15-7-4-8-16-23)24-17-9-10-18-25(24)32-29(34)27-19-11-20-33(27)21-22-13-5-3-6-14-22;/h1,3-10,13-18,26-27H,11-12,19-21H2,(H2,31,32,34,35,36);/q;+2/p-1/t26-,27-;/m1./s1. The minimum atomic E-state index is -1.11. The van der Waals surface area contributed by atoms with E-state index in [1.54, 1.807) is 6.07 Å². The van der Waals surface area contributed by atoms with Crippen LogP contribution in [0.5, 0.6) is 0 Å². The van der Waals surface area contributed by atoms with Crippen LogP contribution in [0, 0.1) is 12.3 Å². The Labute approximate surface area is 227 Å². The fourth-order valence-corrected chi connectivity index (χ4v) is 4.43. The summed E-state index contributed by atoms with van der Waals surface area (Å²) < 4.78 is 0. The van der Waals surface area contributed by atoms with E-state index in [0.29, 0.717) is 23.5 Å². The van der Waals surface area contributed by atoms with E-state index in [2.05, 4.69) is 33.3 Å². The summed E-state index contributed by atoms with van der Waals surface area (Å²) in [5.74, 6) is 1.09. The first kappa shape index (κ1) is 27.9. The van der Waals surface area contributed by atoms with Crippen molar-refractivity contribution in [3.8, 4) is 12.3 Å². The smallest absolute Gasteiger partial charge is 0.625 e. The fraction of sp³-hybridized carbons (Fsp3) is 0.233. The second kappa shape index (κ2) is 13.6. The second-order valence-electron chi connectivity index (χ2n) is 8.69. The molecule has 0 radical (unpaired) electrons. The number of carbonyl (C=O) groups is 2. The van der Waals surface area contributed by atoms with E-state index >= 15 is 0 Å². The minimum Gasteiger partial charge on any atom is -0.625 e. The summed E-state index contributed by atoms with van der Waals surface area (Å²) in [7, 11) is 0. The molecule has 6 nitrogen and oxygen atoms in total. The number of likely N-dealkylation sites (tertiary alicyclic amines) is 1. The number of aliphatic imine (C=N–C) groups is 1. The summed E-state index contributed by atoms with van der Waals surface area (Å²) in [5, 5.41) is 14.2. The van der Waals surface area contributed by atoms with Crippen molar-refractivity contribution in [3.63, 3.8) is 0 Å². The van der Waals surface area contributed by atoms with Gasteiger partial charge in [0.2, 0.25) is 0 Å². The summed E-state index contributed by atoms with van der Waals surface area (Å²) in [6.45, 7) is 1.53. The van der Waals surface area contributed by atoms with Crippen molar-refractivity contribution in [2.45, 2.75) is 37.9 Å². The Balaban J connectivity index is 0.00000380. The molecule has 1 aliphatic rings. The molecule has 0 unspecified atom stereocenters. The number of hydrogen-bond donors (Lipinski definition) is 1. The summed E-state index contributed by atoms with van der Waals surface area (Å²) in [6, 6.07) is 25.2. The minimum absolute atomic E-state index is 0. The predicted octanol–water partition coefficient (Wildman–Crippen LogP) is 5.19. The van der Waals surface area contributed by atoms with Gasteiger partial charge >= 0.3 is 22.5 Å². The largest absolute Gasteiger partial charge is 2.00 e. The average Bonchev–Trinajstić information content (AvgIpc) is 3.36. The first-order chi connectivity index (χ1) is 17.6. The SMILES string of the molecule is C#CC[C@@H](N=C(c1ccccc1)c1ccccc1[N-]C(=O)[C@H]1CCCN1Cc1ccccc1)C(=O)O.[Ni+2]. The second-order valence-corrected chi connectivity index (χ2v) is 8.69. The van der Waals surface area contributed by atoms with Crippen molar-refractivity contribution < 1.29 is 31.2 Å². The van der Waals surface area contributed by atoms with E-state index < -0.39 is 12.0 Å². The number of carbonyl (C=O) groups excluding carboxylic acids is 1. The van der Waals surface area contributed by atoms with Crippen molar-refractivity contribution in [2.75, 3.05) is 6.54 Å². The number of hydrogen-bond acceptors (Lipinski definition) is 4. The van der Waals surface area contributed by atoms with Gasteiger partial charge in [0.25, 0.3) is 0 Å². The Hall–Kier alpha value is -3.72. The Kier molecular flexibility index (Phi) is 10.2. The van der Waals surface area contributed by atoms with Crippen LogP contribution in [0.1, 0.15) is 36.0 Å². The van der Waals surface area contributed by atoms with Gasteiger partial charge in [-0.25, -0.2) is 4.79 Å². The summed E-state index contributed by atoms with van der Waals surface area (Å²) in [6.07, 6.45) is 7.05. The van der Waals surface area contributed by atoms with E-state index in [1.807, 2.05) is 66.7 Å². The molecule has 1 aliphatic heterocycles. The molecular formula is C30H28N3NiO3+.